The normalized spacial score (nSPS) is 22.0. The van der Waals surface area contributed by atoms with Crippen molar-refractivity contribution in [1.29, 1.82) is 0 Å². The molecule has 3 nitrogen and oxygen atoms in total. The Labute approximate surface area is 126 Å². The molecule has 1 atom stereocenters. The van der Waals surface area contributed by atoms with Gasteiger partial charge in [0.05, 0.1) is 11.9 Å². The molecule has 3 heteroatoms. The van der Waals surface area contributed by atoms with Crippen LogP contribution in [0, 0.1) is 0 Å². The van der Waals surface area contributed by atoms with E-state index in [2.05, 4.69) is 43.9 Å². The minimum Gasteiger partial charge on any atom is -0.464 e. The van der Waals surface area contributed by atoms with Gasteiger partial charge in [0.15, 0.2) is 0 Å². The molecule has 0 amide bonds. The van der Waals surface area contributed by atoms with Crippen LogP contribution in [0.15, 0.2) is 34.9 Å². The van der Waals surface area contributed by atoms with Gasteiger partial charge in [0.25, 0.3) is 0 Å². The summed E-state index contributed by atoms with van der Waals surface area (Å²) in [4.78, 5) is 2.57. The van der Waals surface area contributed by atoms with Crippen molar-refractivity contribution in [2.45, 2.75) is 51.8 Å². The summed E-state index contributed by atoms with van der Waals surface area (Å²) in [5.41, 5.74) is 2.33. The molecule has 21 heavy (non-hydrogen) atoms. The molecule has 2 aromatic rings. The van der Waals surface area contributed by atoms with Crippen molar-refractivity contribution in [3.05, 3.63) is 36.1 Å². The van der Waals surface area contributed by atoms with Crippen LogP contribution in [0.3, 0.4) is 0 Å². The number of hydrogen-bond acceptors (Lipinski definition) is 3. The van der Waals surface area contributed by atoms with Crippen molar-refractivity contribution in [2.75, 3.05) is 13.2 Å². The van der Waals surface area contributed by atoms with Crippen LogP contribution >= 0.6 is 0 Å². The van der Waals surface area contributed by atoms with Gasteiger partial charge in [-0.1, -0.05) is 13.0 Å². The molecular formula is C18H25NO2. The number of hydrogen-bond donors (Lipinski definition) is 0. The van der Waals surface area contributed by atoms with Crippen LogP contribution in [0.25, 0.3) is 11.0 Å². The predicted octanol–water partition coefficient (Wildman–Crippen LogP) is 4.21. The number of benzene rings is 1. The Kier molecular flexibility index (Phi) is 4.05. The number of rotatable bonds is 4. The third-order valence-electron chi connectivity index (χ3n) is 4.50. The molecule has 0 radical (unpaired) electrons. The zero-order chi connectivity index (χ0) is 14.9. The maximum atomic E-state index is 5.85. The van der Waals surface area contributed by atoms with Gasteiger partial charge in [-0.05, 0) is 57.0 Å². The molecule has 0 aliphatic carbocycles. The number of furan rings is 1. The van der Waals surface area contributed by atoms with E-state index in [1.807, 2.05) is 6.07 Å². The summed E-state index contributed by atoms with van der Waals surface area (Å²) in [6, 6.07) is 9.14. The van der Waals surface area contributed by atoms with Crippen LogP contribution in [-0.4, -0.2) is 29.7 Å². The van der Waals surface area contributed by atoms with Gasteiger partial charge in [0, 0.05) is 24.6 Å². The second kappa shape index (κ2) is 5.82. The lowest BCUT2D eigenvalue weighted by Gasteiger charge is -2.41. The van der Waals surface area contributed by atoms with Crippen LogP contribution in [0.4, 0.5) is 0 Å². The topological polar surface area (TPSA) is 25.6 Å². The first-order valence-corrected chi connectivity index (χ1v) is 7.91. The van der Waals surface area contributed by atoms with E-state index in [1.165, 1.54) is 10.9 Å². The average molecular weight is 287 g/mol. The lowest BCUT2D eigenvalue weighted by molar-refractivity contribution is -0.0838. The van der Waals surface area contributed by atoms with E-state index in [9.17, 15) is 0 Å². The second-order valence-electron chi connectivity index (χ2n) is 6.61. The van der Waals surface area contributed by atoms with Crippen molar-refractivity contribution >= 4 is 11.0 Å². The monoisotopic (exact) mass is 287 g/mol. The molecule has 2 heterocycles. The van der Waals surface area contributed by atoms with Crippen LogP contribution in [0.1, 0.15) is 39.2 Å². The van der Waals surface area contributed by atoms with Crippen molar-refractivity contribution in [3.63, 3.8) is 0 Å². The molecule has 1 aromatic carbocycles. The Morgan fingerprint density at radius 2 is 2.14 bits per heavy atom. The molecule has 3 rings (SSSR count). The highest BCUT2D eigenvalue weighted by Gasteiger charge is 2.31. The van der Waals surface area contributed by atoms with Gasteiger partial charge in [-0.3, -0.25) is 4.90 Å². The number of fused-ring (bicyclic) bond motifs is 1. The summed E-state index contributed by atoms with van der Waals surface area (Å²) in [6.45, 7) is 9.59. The van der Waals surface area contributed by atoms with E-state index in [0.29, 0.717) is 6.04 Å². The Hall–Kier alpha value is -1.32. The summed E-state index contributed by atoms with van der Waals surface area (Å²) < 4.78 is 11.3. The van der Waals surface area contributed by atoms with E-state index < -0.39 is 0 Å². The van der Waals surface area contributed by atoms with Gasteiger partial charge >= 0.3 is 0 Å². The number of ether oxygens (including phenoxy) is 1. The molecule has 0 spiro atoms. The molecule has 114 valence electrons. The summed E-state index contributed by atoms with van der Waals surface area (Å²) in [7, 11) is 0. The van der Waals surface area contributed by atoms with Gasteiger partial charge in [-0.25, -0.2) is 0 Å². The zero-order valence-electron chi connectivity index (χ0n) is 13.3. The third-order valence-corrected chi connectivity index (χ3v) is 4.50. The summed E-state index contributed by atoms with van der Waals surface area (Å²) >= 11 is 0. The smallest absolute Gasteiger partial charge is 0.133 e. The molecule has 1 aromatic heterocycles. The minimum atomic E-state index is 0.00481. The zero-order valence-corrected chi connectivity index (χ0v) is 13.3. The molecule has 0 saturated carbocycles. The van der Waals surface area contributed by atoms with E-state index in [0.717, 1.165) is 38.1 Å². The van der Waals surface area contributed by atoms with Gasteiger partial charge in [-0.2, -0.15) is 0 Å². The molecule has 0 bridgehead atoms. The maximum absolute atomic E-state index is 5.85. The van der Waals surface area contributed by atoms with E-state index in [1.54, 1.807) is 6.26 Å². The molecular weight excluding hydrogens is 262 g/mol. The van der Waals surface area contributed by atoms with Crippen molar-refractivity contribution in [3.8, 4) is 0 Å². The van der Waals surface area contributed by atoms with Crippen LogP contribution in [-0.2, 0) is 11.3 Å². The van der Waals surface area contributed by atoms with Gasteiger partial charge in [0.1, 0.15) is 5.58 Å². The first-order chi connectivity index (χ1) is 10.1. The SMILES string of the molecule is CCN(Cc1ccc2occc2c1)[C@H]1CCOC(C)(C)C1. The Morgan fingerprint density at radius 3 is 2.90 bits per heavy atom. The Morgan fingerprint density at radius 1 is 1.29 bits per heavy atom. The molecule has 0 N–H and O–H groups in total. The quantitative estimate of drug-likeness (QED) is 0.842. The third kappa shape index (κ3) is 3.30. The highest BCUT2D eigenvalue weighted by atomic mass is 16.5. The fourth-order valence-electron chi connectivity index (χ4n) is 3.36. The Balaban J connectivity index is 1.74. The molecule has 1 aliphatic rings. The van der Waals surface area contributed by atoms with Crippen LogP contribution in [0.2, 0.25) is 0 Å². The lowest BCUT2D eigenvalue weighted by Crippen LogP contribution is -2.45. The minimum absolute atomic E-state index is 0.00481. The van der Waals surface area contributed by atoms with Crippen molar-refractivity contribution < 1.29 is 9.15 Å². The highest BCUT2D eigenvalue weighted by Crippen LogP contribution is 2.28. The van der Waals surface area contributed by atoms with E-state index in [-0.39, 0.29) is 5.60 Å². The predicted molar refractivity (Wildman–Crippen MR) is 85.4 cm³/mol. The van der Waals surface area contributed by atoms with Crippen LogP contribution in [0.5, 0.6) is 0 Å². The van der Waals surface area contributed by atoms with Gasteiger partial charge in [0.2, 0.25) is 0 Å². The molecule has 1 saturated heterocycles. The lowest BCUT2D eigenvalue weighted by atomic mass is 9.92. The maximum Gasteiger partial charge on any atom is 0.133 e. The van der Waals surface area contributed by atoms with Crippen LogP contribution < -0.4 is 0 Å². The summed E-state index contributed by atoms with van der Waals surface area (Å²) in [5.74, 6) is 0. The van der Waals surface area contributed by atoms with Gasteiger partial charge < -0.3 is 9.15 Å². The fourth-order valence-corrected chi connectivity index (χ4v) is 3.36. The Bertz CT molecular complexity index is 602. The van der Waals surface area contributed by atoms with Crippen molar-refractivity contribution in [1.82, 2.24) is 4.90 Å². The molecule has 0 unspecified atom stereocenters. The van der Waals surface area contributed by atoms with E-state index >= 15 is 0 Å². The highest BCUT2D eigenvalue weighted by molar-refractivity contribution is 5.77. The van der Waals surface area contributed by atoms with Crippen molar-refractivity contribution in [2.24, 2.45) is 0 Å². The second-order valence-corrected chi connectivity index (χ2v) is 6.61. The van der Waals surface area contributed by atoms with E-state index in [4.69, 9.17) is 9.15 Å². The standard InChI is InChI=1S/C18H25NO2/c1-4-19(16-8-10-21-18(2,3)12-16)13-14-5-6-17-15(11-14)7-9-20-17/h5-7,9,11,16H,4,8,10,12-13H2,1-3H3/t16-/m0/s1. The molecule has 1 aliphatic heterocycles. The largest absolute Gasteiger partial charge is 0.464 e. The number of nitrogens with zero attached hydrogens (tertiary/aromatic N) is 1. The first-order valence-electron chi connectivity index (χ1n) is 7.91. The average Bonchev–Trinajstić information content (AvgIpc) is 2.91. The fraction of sp³-hybridized carbons (Fsp3) is 0.556. The van der Waals surface area contributed by atoms with Gasteiger partial charge in [-0.15, -0.1) is 0 Å². The summed E-state index contributed by atoms with van der Waals surface area (Å²) in [6.07, 6.45) is 3.99. The first kappa shape index (κ1) is 14.6. The molecule has 1 fully saturated rings. The summed E-state index contributed by atoms with van der Waals surface area (Å²) in [5, 5.41) is 1.19.